The Morgan fingerprint density at radius 2 is 2.15 bits per heavy atom. The molecule has 1 aliphatic carbocycles. The molecule has 1 N–H and O–H groups in total. The summed E-state index contributed by atoms with van der Waals surface area (Å²) in [5.41, 5.74) is 2.72. The number of nitrogens with zero attached hydrogens (tertiary/aromatic N) is 1. The normalized spacial score (nSPS) is 22.7. The summed E-state index contributed by atoms with van der Waals surface area (Å²) in [5, 5.41) is 4.92. The zero-order chi connectivity index (χ0) is 13.4. The molecule has 0 amide bonds. The fourth-order valence-electron chi connectivity index (χ4n) is 3.08. The minimum absolute atomic E-state index is 0.404. The van der Waals surface area contributed by atoms with E-state index in [0.717, 1.165) is 25.7 Å². The first-order valence-corrected chi connectivity index (χ1v) is 7.81. The van der Waals surface area contributed by atoms with Crippen LogP contribution in [0.5, 0.6) is 0 Å². The van der Waals surface area contributed by atoms with Crippen LogP contribution < -0.4 is 5.32 Å². The van der Waals surface area contributed by atoms with Crippen molar-refractivity contribution >= 4 is 10.9 Å². The van der Waals surface area contributed by atoms with E-state index in [4.69, 9.17) is 4.74 Å². The van der Waals surface area contributed by atoms with Crippen molar-refractivity contribution in [2.24, 2.45) is 0 Å². The molecule has 0 spiro atoms. The van der Waals surface area contributed by atoms with Gasteiger partial charge in [-0.25, -0.2) is 0 Å². The van der Waals surface area contributed by atoms with E-state index in [1.807, 2.05) is 0 Å². The number of fused-ring (bicyclic) bond motifs is 1. The quantitative estimate of drug-likeness (QED) is 0.903. The molecule has 2 aromatic rings. The highest BCUT2D eigenvalue weighted by molar-refractivity contribution is 5.80. The first-order valence-electron chi connectivity index (χ1n) is 7.81. The van der Waals surface area contributed by atoms with Gasteiger partial charge in [-0.1, -0.05) is 6.07 Å². The third-order valence-electron chi connectivity index (χ3n) is 4.43. The number of nitrogens with one attached hydrogen (secondary N) is 1. The standard InChI is InChI=1S/C17H22N2O/c1-2-16(20-9-1)12-19-8-7-14-10-13(3-6-17(14)19)11-18-15-4-5-15/h3,6-8,10,15-16,18H,1-2,4-5,9,11-12H2. The average Bonchev–Trinajstić information content (AvgIpc) is 3.00. The molecule has 0 bridgehead atoms. The zero-order valence-electron chi connectivity index (χ0n) is 11.8. The van der Waals surface area contributed by atoms with Crippen molar-refractivity contribution in [3.8, 4) is 0 Å². The molecule has 3 heteroatoms. The number of ether oxygens (including phenoxy) is 1. The molecule has 1 aliphatic heterocycles. The molecule has 106 valence electrons. The zero-order valence-corrected chi connectivity index (χ0v) is 11.8. The van der Waals surface area contributed by atoms with Crippen molar-refractivity contribution in [2.45, 2.75) is 50.9 Å². The van der Waals surface area contributed by atoms with Crippen molar-refractivity contribution in [3.63, 3.8) is 0 Å². The molecule has 1 saturated heterocycles. The van der Waals surface area contributed by atoms with E-state index >= 15 is 0 Å². The Balaban J connectivity index is 1.50. The highest BCUT2D eigenvalue weighted by atomic mass is 16.5. The van der Waals surface area contributed by atoms with Crippen molar-refractivity contribution in [1.82, 2.24) is 9.88 Å². The summed E-state index contributed by atoms with van der Waals surface area (Å²) in [6.07, 6.45) is 7.70. The van der Waals surface area contributed by atoms with Gasteiger partial charge in [0.25, 0.3) is 0 Å². The summed E-state index contributed by atoms with van der Waals surface area (Å²) in [4.78, 5) is 0. The van der Waals surface area contributed by atoms with Crippen LogP contribution in [-0.4, -0.2) is 23.3 Å². The number of hydrogen-bond donors (Lipinski definition) is 1. The lowest BCUT2D eigenvalue weighted by molar-refractivity contribution is 0.0980. The molecule has 3 nitrogen and oxygen atoms in total. The lowest BCUT2D eigenvalue weighted by Crippen LogP contribution is -2.15. The van der Waals surface area contributed by atoms with Gasteiger partial charge in [0.1, 0.15) is 0 Å². The van der Waals surface area contributed by atoms with Crippen LogP contribution >= 0.6 is 0 Å². The maximum Gasteiger partial charge on any atom is 0.0754 e. The van der Waals surface area contributed by atoms with E-state index in [2.05, 4.69) is 40.3 Å². The summed E-state index contributed by atoms with van der Waals surface area (Å²) < 4.78 is 8.08. The molecule has 4 rings (SSSR count). The van der Waals surface area contributed by atoms with Crippen LogP contribution in [0, 0.1) is 0 Å². The van der Waals surface area contributed by atoms with Crippen LogP contribution in [0.3, 0.4) is 0 Å². The van der Waals surface area contributed by atoms with Gasteiger partial charge in [-0.3, -0.25) is 0 Å². The lowest BCUT2D eigenvalue weighted by atomic mass is 10.1. The van der Waals surface area contributed by atoms with Gasteiger partial charge in [0, 0.05) is 37.5 Å². The van der Waals surface area contributed by atoms with E-state index in [-0.39, 0.29) is 0 Å². The van der Waals surface area contributed by atoms with Gasteiger partial charge in [0.05, 0.1) is 6.10 Å². The predicted molar refractivity (Wildman–Crippen MR) is 80.8 cm³/mol. The monoisotopic (exact) mass is 270 g/mol. The molecule has 20 heavy (non-hydrogen) atoms. The van der Waals surface area contributed by atoms with E-state index in [9.17, 15) is 0 Å². The van der Waals surface area contributed by atoms with E-state index in [0.29, 0.717) is 6.10 Å². The highest BCUT2D eigenvalue weighted by Gasteiger charge is 2.20. The molecule has 2 heterocycles. The smallest absolute Gasteiger partial charge is 0.0754 e. The Hall–Kier alpha value is -1.32. The Labute approximate surface area is 119 Å². The predicted octanol–water partition coefficient (Wildman–Crippen LogP) is 3.07. The number of aromatic nitrogens is 1. The van der Waals surface area contributed by atoms with Gasteiger partial charge in [0.15, 0.2) is 0 Å². The first-order chi connectivity index (χ1) is 9.88. The van der Waals surface area contributed by atoms with Gasteiger partial charge in [-0.05, 0) is 54.8 Å². The fraction of sp³-hybridized carbons (Fsp3) is 0.529. The van der Waals surface area contributed by atoms with Gasteiger partial charge >= 0.3 is 0 Å². The Bertz CT molecular complexity index is 594. The Kier molecular flexibility index (Phi) is 3.25. The molecule has 0 radical (unpaired) electrons. The largest absolute Gasteiger partial charge is 0.376 e. The third-order valence-corrected chi connectivity index (χ3v) is 4.43. The highest BCUT2D eigenvalue weighted by Crippen LogP contribution is 2.23. The first kappa shape index (κ1) is 12.4. The summed E-state index contributed by atoms with van der Waals surface area (Å²) in [6, 6.07) is 9.83. The van der Waals surface area contributed by atoms with Crippen molar-refractivity contribution in [2.75, 3.05) is 6.61 Å². The van der Waals surface area contributed by atoms with Gasteiger partial charge in [0.2, 0.25) is 0 Å². The molecular weight excluding hydrogens is 248 g/mol. The molecule has 1 atom stereocenters. The topological polar surface area (TPSA) is 26.2 Å². The second kappa shape index (κ2) is 5.23. The van der Waals surface area contributed by atoms with Crippen LogP contribution in [0.2, 0.25) is 0 Å². The Morgan fingerprint density at radius 1 is 1.20 bits per heavy atom. The maximum absolute atomic E-state index is 5.74. The summed E-state index contributed by atoms with van der Waals surface area (Å²) in [7, 11) is 0. The second-order valence-electron chi connectivity index (χ2n) is 6.15. The fourth-order valence-corrected chi connectivity index (χ4v) is 3.08. The van der Waals surface area contributed by atoms with E-state index < -0.39 is 0 Å². The van der Waals surface area contributed by atoms with Gasteiger partial charge < -0.3 is 14.6 Å². The number of benzene rings is 1. The van der Waals surface area contributed by atoms with E-state index in [1.54, 1.807) is 0 Å². The average molecular weight is 270 g/mol. The summed E-state index contributed by atoms with van der Waals surface area (Å²) >= 11 is 0. The third kappa shape index (κ3) is 2.60. The molecular formula is C17H22N2O. The minimum Gasteiger partial charge on any atom is -0.376 e. The van der Waals surface area contributed by atoms with Crippen LogP contribution in [-0.2, 0) is 17.8 Å². The number of rotatable bonds is 5. The maximum atomic E-state index is 5.74. The van der Waals surface area contributed by atoms with E-state index in [1.165, 1.54) is 42.1 Å². The van der Waals surface area contributed by atoms with Crippen molar-refractivity contribution in [1.29, 1.82) is 0 Å². The molecule has 1 aromatic carbocycles. The van der Waals surface area contributed by atoms with Crippen LogP contribution in [0.1, 0.15) is 31.2 Å². The minimum atomic E-state index is 0.404. The molecule has 1 saturated carbocycles. The van der Waals surface area contributed by atoms with Gasteiger partial charge in [-0.15, -0.1) is 0 Å². The van der Waals surface area contributed by atoms with Crippen LogP contribution in [0.15, 0.2) is 30.5 Å². The van der Waals surface area contributed by atoms with Crippen molar-refractivity contribution in [3.05, 3.63) is 36.0 Å². The van der Waals surface area contributed by atoms with Gasteiger partial charge in [-0.2, -0.15) is 0 Å². The second-order valence-corrected chi connectivity index (χ2v) is 6.15. The van der Waals surface area contributed by atoms with Crippen LogP contribution in [0.25, 0.3) is 10.9 Å². The summed E-state index contributed by atoms with van der Waals surface area (Å²) in [6.45, 7) is 2.92. The van der Waals surface area contributed by atoms with Crippen molar-refractivity contribution < 1.29 is 4.74 Å². The number of hydrogen-bond acceptors (Lipinski definition) is 2. The molecule has 1 aromatic heterocycles. The Morgan fingerprint density at radius 3 is 2.95 bits per heavy atom. The molecule has 2 aliphatic rings. The van der Waals surface area contributed by atoms with Crippen LogP contribution in [0.4, 0.5) is 0 Å². The lowest BCUT2D eigenvalue weighted by Gasteiger charge is -2.12. The SMILES string of the molecule is c1cc2c(ccn2CC2CCCO2)cc1CNC1CC1. The molecule has 1 unspecified atom stereocenters. The summed E-state index contributed by atoms with van der Waals surface area (Å²) in [5.74, 6) is 0. The molecule has 2 fully saturated rings.